The molecule has 0 amide bonds. The second-order valence-electron chi connectivity index (χ2n) is 0.600. The first kappa shape index (κ1) is 29.4. The fourth-order valence-corrected chi connectivity index (χ4v) is 0. The molecule has 0 aliphatic rings. The average molecular weight is 307 g/mol. The summed E-state index contributed by atoms with van der Waals surface area (Å²) in [5, 5.41) is 0. The largest absolute Gasteiger partial charge is 0 e. The van der Waals surface area contributed by atoms with Gasteiger partial charge in [0.25, 0.3) is 0 Å². The second kappa shape index (κ2) is 14.0. The second-order valence-corrected chi connectivity index (χ2v) is 1.80. The van der Waals surface area contributed by atoms with E-state index in [1.54, 1.807) is 0 Å². The van der Waals surface area contributed by atoms with E-state index in [1.807, 2.05) is 0 Å². The van der Waals surface area contributed by atoms with Crippen molar-refractivity contribution in [3.8, 4) is 0 Å². The Labute approximate surface area is 131 Å². The van der Waals surface area contributed by atoms with Gasteiger partial charge in [-0.2, -0.15) is 0 Å². The van der Waals surface area contributed by atoms with E-state index in [4.69, 9.17) is 19.2 Å². The van der Waals surface area contributed by atoms with Crippen LogP contribution < -0.4 is 0 Å². The zero-order valence-corrected chi connectivity index (χ0v) is 6.96. The van der Waals surface area contributed by atoms with E-state index in [2.05, 4.69) is 0 Å². The van der Waals surface area contributed by atoms with Crippen LogP contribution in [0.5, 0.6) is 0 Å². The Balaban J connectivity index is -0.0000000133. The van der Waals surface area contributed by atoms with Crippen molar-refractivity contribution in [2.75, 3.05) is 0 Å². The molecule has 0 bridgehead atoms. The molecule has 0 atom stereocenters. The van der Waals surface area contributed by atoms with Gasteiger partial charge < -0.3 is 19.2 Å². The monoisotopic (exact) mass is 306 g/mol. The minimum atomic E-state index is -4.61. The van der Waals surface area contributed by atoms with Crippen molar-refractivity contribution in [2.45, 2.75) is 0 Å². The van der Waals surface area contributed by atoms with Crippen LogP contribution >= 0.6 is 0 Å². The Bertz CT molecular complexity index is 36.0. The van der Waals surface area contributed by atoms with Gasteiger partial charge in [-0.25, -0.2) is 0 Å². The van der Waals surface area contributed by atoms with E-state index < -0.39 is 9.05 Å². The molecular formula is H11AlMgO4SiSrZn. The fraction of sp³-hybridized carbons (Fsp3) is 0. The first-order valence-corrected chi connectivity index (χ1v) is 2.68. The molecule has 48 valence electrons. The molecule has 0 aromatic rings. The van der Waals surface area contributed by atoms with E-state index in [-0.39, 0.29) is 105 Å². The first-order valence-electron chi connectivity index (χ1n) is 0.894. The fourth-order valence-electron chi connectivity index (χ4n) is 0. The molecule has 0 saturated heterocycles. The van der Waals surface area contributed by atoms with E-state index >= 15 is 0 Å². The summed E-state index contributed by atoms with van der Waals surface area (Å²) in [5.41, 5.74) is 0. The predicted molar refractivity (Wildman–Crippen MR) is 41.7 cm³/mol. The smallest absolute Gasteiger partial charge is 0 e. The van der Waals surface area contributed by atoms with Crippen LogP contribution in [0.25, 0.3) is 0 Å². The van der Waals surface area contributed by atoms with Crippen LogP contribution in [-0.2, 0) is 19.5 Å². The standard InChI is InChI=1S/Al.Mg.H4O4Si.Sr.Zn.7H/c;;1-5(2,3)4;;;;;;;;;/h;;1-4H;;;;;;;;;. The van der Waals surface area contributed by atoms with Gasteiger partial charge in [0.15, 0.2) is 17.4 Å². The molecule has 4 N–H and O–H groups in total. The Morgan fingerprint density at radius 3 is 0.889 bits per heavy atom. The van der Waals surface area contributed by atoms with E-state index in [0.717, 1.165) is 0 Å². The van der Waals surface area contributed by atoms with Crippen LogP contribution in [0.4, 0.5) is 0 Å². The summed E-state index contributed by atoms with van der Waals surface area (Å²) >= 11 is 0. The van der Waals surface area contributed by atoms with Gasteiger partial charge in [0.2, 0.25) is 0 Å². The maximum atomic E-state index is 7.33. The van der Waals surface area contributed by atoms with E-state index in [0.29, 0.717) is 0 Å². The molecule has 4 nitrogen and oxygen atoms in total. The summed E-state index contributed by atoms with van der Waals surface area (Å²) in [6.45, 7) is 0. The van der Waals surface area contributed by atoms with Gasteiger partial charge in [-0.05, 0) is 0 Å². The number of rotatable bonds is 0. The Morgan fingerprint density at radius 2 is 0.889 bits per heavy atom. The van der Waals surface area contributed by atoms with Gasteiger partial charge in [0.05, 0.1) is 0 Å². The molecule has 9 heavy (non-hydrogen) atoms. The number of hydrogen-bond acceptors (Lipinski definition) is 4. The third kappa shape index (κ3) is 85.7. The van der Waals surface area contributed by atoms with Gasteiger partial charge in [-0.1, -0.05) is 0 Å². The Kier molecular flexibility index (Phi) is 45.8. The van der Waals surface area contributed by atoms with Gasteiger partial charge in [0, 0.05) is 19.5 Å². The van der Waals surface area contributed by atoms with Crippen molar-refractivity contribution in [1.82, 2.24) is 0 Å². The SMILES string of the molecule is O[Si](O)(O)O.[AlH3].[MgH2].[SrH2].[Zn]. The minimum absolute atomic E-state index is 0. The van der Waals surface area contributed by atoms with Crippen molar-refractivity contribution in [2.24, 2.45) is 0 Å². The van der Waals surface area contributed by atoms with Gasteiger partial charge >= 0.3 is 77.6 Å². The molecule has 0 rings (SSSR count). The van der Waals surface area contributed by atoms with Gasteiger partial charge in [-0.3, -0.25) is 0 Å². The molecule has 0 aliphatic heterocycles. The molecule has 0 fully saturated rings. The van der Waals surface area contributed by atoms with Crippen molar-refractivity contribution >= 4 is 94.9 Å². The normalized spacial score (nSPS) is 6.67. The Hall–Kier alpha value is 3.46. The van der Waals surface area contributed by atoms with Crippen LogP contribution in [0.3, 0.4) is 0 Å². The maximum absolute atomic E-state index is 7.33. The summed E-state index contributed by atoms with van der Waals surface area (Å²) in [4.78, 5) is 29.3. The summed E-state index contributed by atoms with van der Waals surface area (Å²) < 4.78 is 0. The summed E-state index contributed by atoms with van der Waals surface area (Å²) in [5.74, 6) is 0. The summed E-state index contributed by atoms with van der Waals surface area (Å²) in [6, 6.07) is 0. The van der Waals surface area contributed by atoms with Crippen LogP contribution in [0, 0.1) is 0 Å². The summed E-state index contributed by atoms with van der Waals surface area (Å²) in [7, 11) is -4.61. The van der Waals surface area contributed by atoms with Crippen molar-refractivity contribution in [3.05, 3.63) is 0 Å². The molecule has 0 radical (unpaired) electrons. The van der Waals surface area contributed by atoms with Crippen LogP contribution in [-0.4, -0.2) is 114 Å². The predicted octanol–water partition coefficient (Wildman–Crippen LogP) is -5.63. The molecule has 9 heteroatoms. The molecule has 0 aromatic heterocycles. The van der Waals surface area contributed by atoms with Crippen molar-refractivity contribution in [3.63, 3.8) is 0 Å². The Morgan fingerprint density at radius 1 is 0.889 bits per heavy atom. The van der Waals surface area contributed by atoms with Crippen LogP contribution in [0.15, 0.2) is 0 Å². The van der Waals surface area contributed by atoms with Gasteiger partial charge in [-0.15, -0.1) is 0 Å². The molecule has 0 aliphatic carbocycles. The van der Waals surface area contributed by atoms with Gasteiger partial charge in [0.1, 0.15) is 0 Å². The first-order chi connectivity index (χ1) is 2.00. The molecular weight excluding hydrogens is 296 g/mol. The number of hydrogen-bond donors (Lipinski definition) is 4. The minimum Gasteiger partial charge on any atom is 0 e. The van der Waals surface area contributed by atoms with Crippen molar-refractivity contribution in [1.29, 1.82) is 0 Å². The zero-order valence-electron chi connectivity index (χ0n) is 3.00. The molecule has 0 unspecified atom stereocenters. The molecule has 0 saturated carbocycles. The summed E-state index contributed by atoms with van der Waals surface area (Å²) in [6.07, 6.45) is 0. The zero-order chi connectivity index (χ0) is 4.50. The van der Waals surface area contributed by atoms with E-state index in [9.17, 15) is 0 Å². The maximum Gasteiger partial charge on any atom is 0 e. The third-order valence-electron chi connectivity index (χ3n) is 0. The van der Waals surface area contributed by atoms with Crippen LogP contribution in [0.1, 0.15) is 0 Å². The topological polar surface area (TPSA) is 80.9 Å². The molecule has 0 spiro atoms. The third-order valence-corrected chi connectivity index (χ3v) is 0. The van der Waals surface area contributed by atoms with Crippen molar-refractivity contribution < 1.29 is 38.7 Å². The quantitative estimate of drug-likeness (QED) is 0.336. The van der Waals surface area contributed by atoms with E-state index in [1.165, 1.54) is 0 Å². The molecule has 0 aromatic carbocycles. The molecule has 0 heterocycles. The van der Waals surface area contributed by atoms with Crippen LogP contribution in [0.2, 0.25) is 0 Å². The average Bonchev–Trinajstić information content (AvgIpc) is 0.722.